The van der Waals surface area contributed by atoms with Crippen LogP contribution in [0.2, 0.25) is 5.82 Å². The fourth-order valence-corrected chi connectivity index (χ4v) is 1.09. The first kappa shape index (κ1) is 11.8. The van der Waals surface area contributed by atoms with Crippen LogP contribution >= 0.6 is 0 Å². The molecule has 0 aliphatic rings. The molecule has 1 aromatic rings. The molecule has 0 aliphatic carbocycles. The van der Waals surface area contributed by atoms with Crippen LogP contribution in [0.1, 0.15) is 22.8 Å². The smallest absolute Gasteiger partial charge is 0.295 e. The third-order valence-electron chi connectivity index (χ3n) is 1.91. The van der Waals surface area contributed by atoms with Gasteiger partial charge in [-0.2, -0.15) is 13.2 Å². The number of carbonyl (C=O) groups is 1. The summed E-state index contributed by atoms with van der Waals surface area (Å²) >= 11 is 0. The summed E-state index contributed by atoms with van der Waals surface area (Å²) in [5.74, 6) is -1.08. The van der Waals surface area contributed by atoms with Gasteiger partial charge in [-0.3, -0.25) is 4.79 Å². The number of hydrogen-bond acceptors (Lipinski definition) is 1. The average Bonchev–Trinajstić information content (AvgIpc) is 2.15. The largest absolute Gasteiger partial charge is 0.416 e. The Kier molecular flexibility index (Phi) is 3.22. The molecule has 1 nitrogen and oxygen atoms in total. The van der Waals surface area contributed by atoms with Gasteiger partial charge in [-0.15, -0.1) is 0 Å². The zero-order chi connectivity index (χ0) is 11.6. The van der Waals surface area contributed by atoms with E-state index in [1.807, 2.05) is 0 Å². The van der Waals surface area contributed by atoms with Gasteiger partial charge in [0.2, 0.25) is 0 Å². The monoisotopic (exact) mass is 212 g/mol. The van der Waals surface area contributed by atoms with Crippen molar-refractivity contribution >= 4 is 13.6 Å². The third kappa shape index (κ3) is 2.84. The molecule has 0 saturated heterocycles. The number of hydrogen-bond donors (Lipinski definition) is 0. The summed E-state index contributed by atoms with van der Waals surface area (Å²) in [5.41, 5.74) is -0.582. The third-order valence-corrected chi connectivity index (χ3v) is 1.91. The molecule has 0 N–H and O–H groups in total. The Morgan fingerprint density at radius 3 is 2.07 bits per heavy atom. The van der Waals surface area contributed by atoms with Gasteiger partial charge in [0.25, 0.3) is 0 Å². The van der Waals surface area contributed by atoms with Crippen molar-refractivity contribution < 1.29 is 18.0 Å². The second-order valence-corrected chi connectivity index (χ2v) is 3.23. The molecule has 15 heavy (non-hydrogen) atoms. The fourth-order valence-electron chi connectivity index (χ4n) is 1.09. The molecule has 0 fully saturated rings. The van der Waals surface area contributed by atoms with Gasteiger partial charge in [-0.05, 0) is 17.9 Å². The van der Waals surface area contributed by atoms with E-state index in [-0.39, 0.29) is 11.3 Å². The van der Waals surface area contributed by atoms with E-state index in [1.165, 1.54) is 6.92 Å². The standard InChI is InChI=1S/C10H8BF3O/c1-6(11)9(15)7-2-4-8(5-3-7)10(12,13)14/h2-6H,1H3. The van der Waals surface area contributed by atoms with Gasteiger partial charge in [0.15, 0.2) is 5.78 Å². The van der Waals surface area contributed by atoms with Crippen LogP contribution in [-0.4, -0.2) is 13.6 Å². The summed E-state index contributed by atoms with van der Waals surface area (Å²) in [6, 6.07) is 4.01. The minimum absolute atomic E-state index is 0.193. The Morgan fingerprint density at radius 1 is 1.27 bits per heavy atom. The van der Waals surface area contributed by atoms with Crippen molar-refractivity contribution in [3.63, 3.8) is 0 Å². The lowest BCUT2D eigenvalue weighted by Gasteiger charge is -2.08. The SMILES string of the molecule is [B]C(C)C(=O)c1ccc(C(F)(F)F)cc1. The minimum atomic E-state index is -4.38. The van der Waals surface area contributed by atoms with Crippen molar-refractivity contribution in [2.75, 3.05) is 0 Å². The first-order valence-corrected chi connectivity index (χ1v) is 4.29. The van der Waals surface area contributed by atoms with Gasteiger partial charge in [-0.25, -0.2) is 0 Å². The number of rotatable bonds is 2. The average molecular weight is 212 g/mol. The number of carbonyl (C=O) groups excluding carboxylic acids is 1. The predicted octanol–water partition coefficient (Wildman–Crippen LogP) is 2.87. The highest BCUT2D eigenvalue weighted by molar-refractivity contribution is 6.27. The van der Waals surface area contributed by atoms with Crippen molar-refractivity contribution in [2.24, 2.45) is 0 Å². The number of benzene rings is 1. The second kappa shape index (κ2) is 4.09. The maximum absolute atomic E-state index is 12.2. The molecule has 0 aliphatic heterocycles. The fraction of sp³-hybridized carbons (Fsp3) is 0.300. The van der Waals surface area contributed by atoms with E-state index in [9.17, 15) is 18.0 Å². The van der Waals surface area contributed by atoms with Gasteiger partial charge >= 0.3 is 6.18 Å². The van der Waals surface area contributed by atoms with Gasteiger partial charge in [-0.1, -0.05) is 19.1 Å². The van der Waals surface area contributed by atoms with Crippen molar-refractivity contribution in [1.29, 1.82) is 0 Å². The molecule has 1 rings (SSSR count). The molecule has 0 bridgehead atoms. The first-order valence-electron chi connectivity index (χ1n) is 4.29. The van der Waals surface area contributed by atoms with Crippen molar-refractivity contribution in [3.05, 3.63) is 35.4 Å². The molecule has 0 spiro atoms. The van der Waals surface area contributed by atoms with Crippen LogP contribution in [0, 0.1) is 0 Å². The van der Waals surface area contributed by atoms with Crippen LogP contribution in [0.15, 0.2) is 24.3 Å². The topological polar surface area (TPSA) is 17.1 Å². The second-order valence-electron chi connectivity index (χ2n) is 3.23. The van der Waals surface area contributed by atoms with Crippen molar-refractivity contribution in [2.45, 2.75) is 18.9 Å². The van der Waals surface area contributed by atoms with Crippen LogP contribution in [0.3, 0.4) is 0 Å². The normalized spacial score (nSPS) is 13.6. The van der Waals surface area contributed by atoms with Crippen LogP contribution in [-0.2, 0) is 6.18 Å². The first-order chi connectivity index (χ1) is 6.82. The molecule has 0 saturated carbocycles. The molecule has 0 aromatic heterocycles. The van der Waals surface area contributed by atoms with E-state index in [1.54, 1.807) is 0 Å². The van der Waals surface area contributed by atoms with E-state index in [0.29, 0.717) is 0 Å². The number of halogens is 3. The van der Waals surface area contributed by atoms with Crippen LogP contribution < -0.4 is 0 Å². The maximum atomic E-state index is 12.2. The van der Waals surface area contributed by atoms with Crippen LogP contribution in [0.5, 0.6) is 0 Å². The summed E-state index contributed by atoms with van der Waals surface area (Å²) in [6.07, 6.45) is -4.38. The molecular formula is C10H8BF3O. The van der Waals surface area contributed by atoms with Gasteiger partial charge in [0, 0.05) is 5.56 Å². The number of Topliss-reactive ketones (excluding diaryl/α,β-unsaturated/α-hetero) is 1. The van der Waals surface area contributed by atoms with E-state index < -0.39 is 17.6 Å². The molecule has 5 heteroatoms. The van der Waals surface area contributed by atoms with E-state index >= 15 is 0 Å². The zero-order valence-electron chi connectivity index (χ0n) is 8.01. The highest BCUT2D eigenvalue weighted by atomic mass is 19.4. The molecule has 2 radical (unpaired) electrons. The lowest BCUT2D eigenvalue weighted by Crippen LogP contribution is -2.08. The molecular weight excluding hydrogens is 204 g/mol. The van der Waals surface area contributed by atoms with E-state index in [2.05, 4.69) is 0 Å². The molecule has 0 heterocycles. The summed E-state index contributed by atoms with van der Waals surface area (Å²) in [7, 11) is 5.32. The Bertz CT molecular complexity index is 354. The highest BCUT2D eigenvalue weighted by Gasteiger charge is 2.30. The summed E-state index contributed by atoms with van der Waals surface area (Å²) in [6.45, 7) is 1.49. The quantitative estimate of drug-likeness (QED) is 0.544. The Labute approximate surface area is 86.7 Å². The minimum Gasteiger partial charge on any atom is -0.295 e. The summed E-state index contributed by atoms with van der Waals surface area (Å²) in [5, 5.41) is 0. The van der Waals surface area contributed by atoms with Crippen molar-refractivity contribution in [3.8, 4) is 0 Å². The van der Waals surface area contributed by atoms with Crippen molar-refractivity contribution in [1.82, 2.24) is 0 Å². The molecule has 1 unspecified atom stereocenters. The summed E-state index contributed by atoms with van der Waals surface area (Å²) in [4.78, 5) is 11.3. The Balaban J connectivity index is 2.96. The van der Waals surface area contributed by atoms with Gasteiger partial charge in [0.1, 0.15) is 0 Å². The number of ketones is 1. The Morgan fingerprint density at radius 2 is 1.73 bits per heavy atom. The van der Waals surface area contributed by atoms with E-state index in [4.69, 9.17) is 7.85 Å². The maximum Gasteiger partial charge on any atom is 0.416 e. The molecule has 78 valence electrons. The Hall–Kier alpha value is -1.26. The summed E-state index contributed by atoms with van der Waals surface area (Å²) < 4.78 is 36.5. The lowest BCUT2D eigenvalue weighted by atomic mass is 9.83. The predicted molar refractivity (Wildman–Crippen MR) is 51.0 cm³/mol. The number of alkyl halides is 3. The highest BCUT2D eigenvalue weighted by Crippen LogP contribution is 2.29. The molecule has 0 amide bonds. The van der Waals surface area contributed by atoms with Crippen LogP contribution in [0.25, 0.3) is 0 Å². The van der Waals surface area contributed by atoms with Gasteiger partial charge < -0.3 is 0 Å². The van der Waals surface area contributed by atoms with Crippen LogP contribution in [0.4, 0.5) is 13.2 Å². The molecule has 1 aromatic carbocycles. The molecule has 1 atom stereocenters. The van der Waals surface area contributed by atoms with Gasteiger partial charge in [0.05, 0.1) is 13.4 Å². The zero-order valence-corrected chi connectivity index (χ0v) is 8.01. The van der Waals surface area contributed by atoms with E-state index in [0.717, 1.165) is 24.3 Å². The lowest BCUT2D eigenvalue weighted by molar-refractivity contribution is -0.137.